The highest BCUT2D eigenvalue weighted by molar-refractivity contribution is 5.87. The number of carbonyl (C=O) groups excluding carboxylic acids is 4. The van der Waals surface area contributed by atoms with Crippen LogP contribution >= 0.6 is 0 Å². The summed E-state index contributed by atoms with van der Waals surface area (Å²) in [7, 11) is 0. The molecular weight excluding hydrogens is 266 g/mol. The molecule has 19 heavy (non-hydrogen) atoms. The average Bonchev–Trinajstić information content (AvgIpc) is 2.24. The predicted molar refractivity (Wildman–Crippen MR) is 46.8 cm³/mol. The lowest BCUT2D eigenvalue weighted by molar-refractivity contribution is -0.441. The van der Waals surface area contributed by atoms with Gasteiger partial charge in [-0.05, 0) is 0 Å². The molecule has 0 heterocycles. The Kier molecular flexibility index (Phi) is 5.89. The van der Waals surface area contributed by atoms with E-state index in [1.54, 1.807) is 0 Å². The summed E-state index contributed by atoms with van der Waals surface area (Å²) < 4.78 is 4.31. The van der Waals surface area contributed by atoms with E-state index in [4.69, 9.17) is 0 Å². The van der Waals surface area contributed by atoms with Crippen molar-refractivity contribution in [2.24, 2.45) is 0 Å². The molecule has 0 saturated carbocycles. The van der Waals surface area contributed by atoms with Gasteiger partial charge in [0.15, 0.2) is 6.04 Å². The predicted octanol–water partition coefficient (Wildman–Crippen LogP) is -7.10. The van der Waals surface area contributed by atoms with E-state index < -0.39 is 55.0 Å². The Morgan fingerprint density at radius 3 is 2.05 bits per heavy atom. The number of carboxylic acid groups (broad SMARTS) is 3. The number of carboxylic acids is 3. The maximum Gasteiger partial charge on any atom is 0.309 e. The van der Waals surface area contributed by atoms with Gasteiger partial charge in [0.2, 0.25) is 0 Å². The number of aliphatic carboxylic acids is 3. The van der Waals surface area contributed by atoms with Crippen molar-refractivity contribution in [3.63, 3.8) is 0 Å². The second kappa shape index (κ2) is 6.66. The van der Waals surface area contributed by atoms with Crippen LogP contribution in [0.15, 0.2) is 0 Å². The molecule has 10 heteroatoms. The van der Waals surface area contributed by atoms with Crippen molar-refractivity contribution in [3.8, 4) is 0 Å². The smallest absolute Gasteiger partial charge is 0.309 e. The van der Waals surface area contributed by atoms with Gasteiger partial charge in [-0.3, -0.25) is 4.79 Å². The Bertz CT molecular complexity index is 393. The van der Waals surface area contributed by atoms with Gasteiger partial charge in [-0.15, -0.1) is 0 Å². The summed E-state index contributed by atoms with van der Waals surface area (Å²) in [6, 6.07) is -1.39. The Morgan fingerprint density at radius 1 is 1.16 bits per heavy atom. The van der Waals surface area contributed by atoms with Crippen LogP contribution in [0.1, 0.15) is 12.8 Å². The standard InChI is InChI=1S/C9H13NO9/c10-4(7(14)15)3-19-6(13)2-9(18,8(16)17)1-5(11)12/h4,18H,1-3,10H2,(H,11,12)(H,14,15)(H,16,17)/p-2/t4-,9?/m0/s1. The second-order valence-corrected chi connectivity index (χ2v) is 3.74. The van der Waals surface area contributed by atoms with Crippen molar-refractivity contribution < 1.29 is 50.1 Å². The Morgan fingerprint density at radius 2 is 1.68 bits per heavy atom. The molecule has 0 fully saturated rings. The summed E-state index contributed by atoms with van der Waals surface area (Å²) in [5.74, 6) is -7.04. The van der Waals surface area contributed by atoms with Gasteiger partial charge in [-0.2, -0.15) is 0 Å². The number of rotatable bonds is 8. The molecule has 0 aliphatic heterocycles. The van der Waals surface area contributed by atoms with Crippen LogP contribution in [0.4, 0.5) is 0 Å². The first-order valence-electron chi connectivity index (χ1n) is 4.91. The molecule has 0 amide bonds. The molecule has 2 atom stereocenters. The van der Waals surface area contributed by atoms with Gasteiger partial charge in [-0.25, -0.2) is 0 Å². The molecule has 0 aromatic carbocycles. The molecule has 0 aliphatic carbocycles. The number of hydrogen-bond acceptors (Lipinski definition) is 9. The lowest BCUT2D eigenvalue weighted by Crippen LogP contribution is -2.70. The van der Waals surface area contributed by atoms with E-state index in [1.165, 1.54) is 0 Å². The van der Waals surface area contributed by atoms with Crippen LogP contribution in [-0.4, -0.2) is 47.2 Å². The summed E-state index contributed by atoms with van der Waals surface area (Å²) in [6.07, 6.45) is -2.61. The van der Waals surface area contributed by atoms with E-state index in [0.29, 0.717) is 0 Å². The van der Waals surface area contributed by atoms with Crippen molar-refractivity contribution in [1.82, 2.24) is 0 Å². The van der Waals surface area contributed by atoms with E-state index in [2.05, 4.69) is 10.5 Å². The monoisotopic (exact) mass is 277 g/mol. The number of hydrogen-bond donors (Lipinski definition) is 2. The number of ether oxygens (including phenoxy) is 1. The molecule has 0 spiro atoms. The van der Waals surface area contributed by atoms with Gasteiger partial charge < -0.3 is 45.3 Å². The topological polar surface area (TPSA) is 195 Å². The van der Waals surface area contributed by atoms with Crippen LogP contribution < -0.4 is 21.1 Å². The number of carbonyl (C=O) groups is 4. The zero-order valence-corrected chi connectivity index (χ0v) is 9.62. The Hall–Kier alpha value is -2.20. The average molecular weight is 277 g/mol. The van der Waals surface area contributed by atoms with Crippen LogP contribution in [0, 0.1) is 0 Å². The molecule has 108 valence electrons. The van der Waals surface area contributed by atoms with Gasteiger partial charge >= 0.3 is 5.97 Å². The van der Waals surface area contributed by atoms with Crippen molar-refractivity contribution in [1.29, 1.82) is 0 Å². The maximum absolute atomic E-state index is 11.1. The quantitative estimate of drug-likeness (QED) is 0.405. The van der Waals surface area contributed by atoms with E-state index >= 15 is 0 Å². The highest BCUT2D eigenvalue weighted by Gasteiger charge is 2.33. The lowest BCUT2D eigenvalue weighted by atomic mass is 9.96. The fourth-order valence-corrected chi connectivity index (χ4v) is 0.997. The molecule has 0 aromatic rings. The van der Waals surface area contributed by atoms with E-state index in [-0.39, 0.29) is 0 Å². The first kappa shape index (κ1) is 16.8. The van der Waals surface area contributed by atoms with Crippen LogP contribution in [0.25, 0.3) is 0 Å². The molecule has 1 unspecified atom stereocenters. The summed E-state index contributed by atoms with van der Waals surface area (Å²) in [5.41, 5.74) is 0.0629. The second-order valence-electron chi connectivity index (χ2n) is 3.74. The largest absolute Gasteiger partial charge is 0.550 e. The minimum absolute atomic E-state index is 0.713. The van der Waals surface area contributed by atoms with Crippen LogP contribution in [-0.2, 0) is 23.9 Å². The van der Waals surface area contributed by atoms with Gasteiger partial charge in [-0.1, -0.05) is 0 Å². The summed E-state index contributed by atoms with van der Waals surface area (Å²) in [4.78, 5) is 42.2. The minimum Gasteiger partial charge on any atom is -0.550 e. The Labute approximate surface area is 106 Å². The highest BCUT2D eigenvalue weighted by Crippen LogP contribution is 2.15. The van der Waals surface area contributed by atoms with Gasteiger partial charge in [0.25, 0.3) is 0 Å². The van der Waals surface area contributed by atoms with Crippen molar-refractivity contribution in [3.05, 3.63) is 0 Å². The SMILES string of the molecule is [NH3+][C@@H](COC(=O)CC(O)(CC(=O)[O-])C(=O)[O-])C(=O)[O-]. The van der Waals surface area contributed by atoms with Gasteiger partial charge in [0, 0.05) is 12.4 Å². The van der Waals surface area contributed by atoms with Crippen LogP contribution in [0.5, 0.6) is 0 Å². The first-order chi connectivity index (χ1) is 8.58. The normalized spacial score (nSPS) is 15.1. The minimum atomic E-state index is -2.99. The van der Waals surface area contributed by atoms with Crippen LogP contribution in [0.2, 0.25) is 0 Å². The lowest BCUT2D eigenvalue weighted by Gasteiger charge is -2.28. The molecule has 10 nitrogen and oxygen atoms in total. The third-order valence-electron chi connectivity index (χ3n) is 2.03. The van der Waals surface area contributed by atoms with Crippen LogP contribution in [0.3, 0.4) is 0 Å². The summed E-state index contributed by atoms with van der Waals surface area (Å²) in [6.45, 7) is -0.713. The number of aliphatic hydroxyl groups is 1. The highest BCUT2D eigenvalue weighted by atomic mass is 16.5. The fraction of sp³-hybridized carbons (Fsp3) is 0.556. The molecule has 0 aliphatic rings. The fourth-order valence-electron chi connectivity index (χ4n) is 0.997. The molecule has 0 rings (SSSR count). The third kappa shape index (κ3) is 5.79. The molecular formula is C9H11NO9-2. The number of quaternary nitrogens is 1. The summed E-state index contributed by atoms with van der Waals surface area (Å²) >= 11 is 0. The number of esters is 1. The van der Waals surface area contributed by atoms with E-state index in [9.17, 15) is 39.6 Å². The molecule has 0 bridgehead atoms. The van der Waals surface area contributed by atoms with E-state index in [1.807, 2.05) is 0 Å². The van der Waals surface area contributed by atoms with Crippen molar-refractivity contribution in [2.75, 3.05) is 6.61 Å². The third-order valence-corrected chi connectivity index (χ3v) is 2.03. The first-order valence-corrected chi connectivity index (χ1v) is 4.91. The zero-order chi connectivity index (χ0) is 15.2. The maximum atomic E-state index is 11.1. The molecule has 0 radical (unpaired) electrons. The van der Waals surface area contributed by atoms with Gasteiger partial charge in [0.05, 0.1) is 12.4 Å². The van der Waals surface area contributed by atoms with Crippen molar-refractivity contribution >= 4 is 23.9 Å². The van der Waals surface area contributed by atoms with Crippen molar-refractivity contribution in [2.45, 2.75) is 24.5 Å². The Balaban J connectivity index is 4.53. The zero-order valence-electron chi connectivity index (χ0n) is 9.62. The molecule has 0 aromatic heterocycles. The molecule has 0 saturated heterocycles. The molecule has 4 N–H and O–H groups in total. The summed E-state index contributed by atoms with van der Waals surface area (Å²) in [5, 5.41) is 40.4. The van der Waals surface area contributed by atoms with E-state index in [0.717, 1.165) is 0 Å². The van der Waals surface area contributed by atoms with Gasteiger partial charge in [0.1, 0.15) is 18.2 Å².